The fourth-order valence-electron chi connectivity index (χ4n) is 1.50. The highest BCUT2D eigenvalue weighted by molar-refractivity contribution is 5.93. The van der Waals surface area contributed by atoms with Crippen molar-refractivity contribution in [3.8, 4) is 0 Å². The lowest BCUT2D eigenvalue weighted by atomic mass is 10.2. The summed E-state index contributed by atoms with van der Waals surface area (Å²) in [6.07, 6.45) is 5.93. The van der Waals surface area contributed by atoms with Crippen LogP contribution in [0.3, 0.4) is 0 Å². The predicted molar refractivity (Wildman–Crippen MR) is 65.8 cm³/mol. The number of nitrogens with zero attached hydrogens (tertiary/aromatic N) is 3. The lowest BCUT2D eigenvalue weighted by Crippen LogP contribution is -2.26. The maximum atomic E-state index is 11.7. The second-order valence-corrected chi connectivity index (χ2v) is 3.79. The molecule has 0 radical (unpaired) electrons. The smallest absolute Gasteiger partial charge is 0.356 e. The van der Waals surface area contributed by atoms with Crippen LogP contribution in [0.25, 0.3) is 0 Å². The molecule has 0 aliphatic carbocycles. The van der Waals surface area contributed by atoms with E-state index < -0.39 is 5.97 Å². The van der Waals surface area contributed by atoms with Crippen molar-refractivity contribution in [3.05, 3.63) is 48.3 Å². The molecule has 0 aliphatic heterocycles. The zero-order valence-corrected chi connectivity index (χ0v) is 9.98. The molecule has 0 spiro atoms. The van der Waals surface area contributed by atoms with E-state index in [1.54, 1.807) is 29.1 Å². The number of aromatic carboxylic acids is 1. The third kappa shape index (κ3) is 3.38. The normalized spacial score (nSPS) is 10.1. The molecule has 0 saturated heterocycles. The van der Waals surface area contributed by atoms with Crippen LogP contribution in [0.1, 0.15) is 20.8 Å². The number of pyridine rings is 1. The number of nitrogens with one attached hydrogen (secondary N) is 1. The third-order valence-electron chi connectivity index (χ3n) is 2.45. The second-order valence-electron chi connectivity index (χ2n) is 3.79. The molecule has 2 N–H and O–H groups in total. The molecule has 7 nitrogen and oxygen atoms in total. The summed E-state index contributed by atoms with van der Waals surface area (Å²) < 4.78 is 1.61. The molecular weight excluding hydrogens is 248 g/mol. The molecule has 19 heavy (non-hydrogen) atoms. The maximum absolute atomic E-state index is 11.7. The number of carbonyl (C=O) groups is 2. The SMILES string of the molecule is O=C(NCCn1cnc(C(=O)O)c1)c1ccncc1. The monoisotopic (exact) mass is 260 g/mol. The third-order valence-corrected chi connectivity index (χ3v) is 2.45. The Bertz CT molecular complexity index is 580. The van der Waals surface area contributed by atoms with Crippen LogP contribution < -0.4 is 5.32 Å². The van der Waals surface area contributed by atoms with Crippen molar-refractivity contribution in [1.29, 1.82) is 0 Å². The van der Waals surface area contributed by atoms with E-state index >= 15 is 0 Å². The molecule has 1 amide bonds. The number of imidazole rings is 1. The van der Waals surface area contributed by atoms with E-state index in [4.69, 9.17) is 5.11 Å². The number of hydrogen-bond acceptors (Lipinski definition) is 4. The van der Waals surface area contributed by atoms with Gasteiger partial charge in [0.2, 0.25) is 0 Å². The van der Waals surface area contributed by atoms with Crippen LogP contribution >= 0.6 is 0 Å². The lowest BCUT2D eigenvalue weighted by molar-refractivity contribution is 0.0690. The molecule has 0 aromatic carbocycles. The Labute approximate surface area is 108 Å². The van der Waals surface area contributed by atoms with Gasteiger partial charge in [0.1, 0.15) is 0 Å². The van der Waals surface area contributed by atoms with Gasteiger partial charge in [-0.05, 0) is 12.1 Å². The predicted octanol–water partition coefficient (Wildman–Crippen LogP) is 0.406. The van der Waals surface area contributed by atoms with Crippen LogP contribution in [-0.4, -0.2) is 38.1 Å². The van der Waals surface area contributed by atoms with Crippen molar-refractivity contribution in [2.24, 2.45) is 0 Å². The molecule has 0 bridgehead atoms. The first kappa shape index (κ1) is 12.7. The van der Waals surface area contributed by atoms with Gasteiger partial charge in [0.05, 0.1) is 6.33 Å². The number of carboxylic acids is 1. The Morgan fingerprint density at radius 3 is 2.68 bits per heavy atom. The second kappa shape index (κ2) is 5.76. The van der Waals surface area contributed by atoms with Crippen LogP contribution in [0.2, 0.25) is 0 Å². The van der Waals surface area contributed by atoms with Gasteiger partial charge in [0, 0.05) is 37.2 Å². The largest absolute Gasteiger partial charge is 0.476 e. The molecule has 2 rings (SSSR count). The minimum absolute atomic E-state index is 0.0135. The Morgan fingerprint density at radius 2 is 2.05 bits per heavy atom. The summed E-state index contributed by atoms with van der Waals surface area (Å²) >= 11 is 0. The van der Waals surface area contributed by atoms with Crippen molar-refractivity contribution in [2.75, 3.05) is 6.54 Å². The molecular formula is C12H12N4O3. The summed E-state index contributed by atoms with van der Waals surface area (Å²) in [6, 6.07) is 3.24. The fraction of sp³-hybridized carbons (Fsp3) is 0.167. The van der Waals surface area contributed by atoms with E-state index in [0.29, 0.717) is 18.7 Å². The highest BCUT2D eigenvalue weighted by atomic mass is 16.4. The minimum atomic E-state index is -1.07. The van der Waals surface area contributed by atoms with Gasteiger partial charge >= 0.3 is 5.97 Å². The molecule has 0 atom stereocenters. The first-order valence-electron chi connectivity index (χ1n) is 5.60. The summed E-state index contributed by atoms with van der Waals surface area (Å²) in [4.78, 5) is 29.9. The van der Waals surface area contributed by atoms with Gasteiger partial charge < -0.3 is 15.0 Å². The zero-order chi connectivity index (χ0) is 13.7. The van der Waals surface area contributed by atoms with E-state index in [0.717, 1.165) is 0 Å². The van der Waals surface area contributed by atoms with Crippen LogP contribution in [0.5, 0.6) is 0 Å². The molecule has 2 aromatic rings. The minimum Gasteiger partial charge on any atom is -0.476 e. The van der Waals surface area contributed by atoms with Gasteiger partial charge in [-0.15, -0.1) is 0 Å². The van der Waals surface area contributed by atoms with E-state index in [1.165, 1.54) is 12.5 Å². The number of rotatable bonds is 5. The quantitative estimate of drug-likeness (QED) is 0.811. The summed E-state index contributed by atoms with van der Waals surface area (Å²) in [5, 5.41) is 11.4. The molecule has 98 valence electrons. The van der Waals surface area contributed by atoms with Crippen molar-refractivity contribution < 1.29 is 14.7 Å². The first-order valence-corrected chi connectivity index (χ1v) is 5.60. The van der Waals surface area contributed by atoms with Gasteiger partial charge in [-0.2, -0.15) is 0 Å². The number of carbonyl (C=O) groups excluding carboxylic acids is 1. The zero-order valence-electron chi connectivity index (χ0n) is 9.98. The van der Waals surface area contributed by atoms with Gasteiger partial charge in [0.15, 0.2) is 5.69 Å². The van der Waals surface area contributed by atoms with Gasteiger partial charge in [0.25, 0.3) is 5.91 Å². The lowest BCUT2D eigenvalue weighted by Gasteiger charge is -2.05. The molecule has 7 heteroatoms. The van der Waals surface area contributed by atoms with Crippen molar-refractivity contribution in [2.45, 2.75) is 6.54 Å². The van der Waals surface area contributed by atoms with Gasteiger partial charge in [-0.25, -0.2) is 9.78 Å². The Hall–Kier alpha value is -2.70. The average Bonchev–Trinajstić information content (AvgIpc) is 2.89. The highest BCUT2D eigenvalue weighted by Crippen LogP contribution is 1.97. The fourth-order valence-corrected chi connectivity index (χ4v) is 1.50. The van der Waals surface area contributed by atoms with Gasteiger partial charge in [-0.1, -0.05) is 0 Å². The Kier molecular flexibility index (Phi) is 3.87. The van der Waals surface area contributed by atoms with Crippen LogP contribution in [-0.2, 0) is 6.54 Å². The van der Waals surface area contributed by atoms with Crippen molar-refractivity contribution in [3.63, 3.8) is 0 Å². The number of amides is 1. The topological polar surface area (TPSA) is 97.1 Å². The Balaban J connectivity index is 1.83. The number of hydrogen-bond donors (Lipinski definition) is 2. The number of aromatic nitrogens is 3. The first-order chi connectivity index (χ1) is 9.16. The summed E-state index contributed by atoms with van der Waals surface area (Å²) in [6.45, 7) is 0.841. The molecule has 0 saturated carbocycles. The molecule has 0 fully saturated rings. The van der Waals surface area contributed by atoms with E-state index in [-0.39, 0.29) is 11.6 Å². The number of carboxylic acid groups (broad SMARTS) is 1. The molecule has 0 unspecified atom stereocenters. The average molecular weight is 260 g/mol. The standard InChI is InChI=1S/C12H12N4O3/c17-11(9-1-3-13-4-2-9)14-5-6-16-7-10(12(18)19)15-8-16/h1-4,7-8H,5-6H2,(H,14,17)(H,18,19). The van der Waals surface area contributed by atoms with Crippen molar-refractivity contribution >= 4 is 11.9 Å². The van der Waals surface area contributed by atoms with E-state index in [9.17, 15) is 9.59 Å². The van der Waals surface area contributed by atoms with Crippen LogP contribution in [0.15, 0.2) is 37.1 Å². The van der Waals surface area contributed by atoms with Crippen LogP contribution in [0, 0.1) is 0 Å². The van der Waals surface area contributed by atoms with Crippen LogP contribution in [0.4, 0.5) is 0 Å². The highest BCUT2D eigenvalue weighted by Gasteiger charge is 2.07. The molecule has 2 aromatic heterocycles. The van der Waals surface area contributed by atoms with Crippen molar-refractivity contribution in [1.82, 2.24) is 19.9 Å². The van der Waals surface area contributed by atoms with Gasteiger partial charge in [-0.3, -0.25) is 9.78 Å². The molecule has 0 aliphatic rings. The summed E-state index contributed by atoms with van der Waals surface area (Å²) in [5.41, 5.74) is 0.521. The summed E-state index contributed by atoms with van der Waals surface area (Å²) in [5.74, 6) is -1.26. The van der Waals surface area contributed by atoms with E-state index in [1.807, 2.05) is 0 Å². The molecule has 2 heterocycles. The maximum Gasteiger partial charge on any atom is 0.356 e. The summed E-state index contributed by atoms with van der Waals surface area (Å²) in [7, 11) is 0. The Morgan fingerprint density at radius 1 is 1.32 bits per heavy atom. The van der Waals surface area contributed by atoms with E-state index in [2.05, 4.69) is 15.3 Å².